The average Bonchev–Trinajstić information content (AvgIpc) is 3.87. The largest absolute Gasteiger partial charge is 0.455 e. The first kappa shape index (κ1) is 32.1. The van der Waals surface area contributed by atoms with Crippen LogP contribution in [0.5, 0.6) is 0 Å². The van der Waals surface area contributed by atoms with Crippen LogP contribution in [-0.2, 0) is 0 Å². The Morgan fingerprint density at radius 3 is 1.88 bits per heavy atom. The zero-order valence-corrected chi connectivity index (χ0v) is 31.6. The van der Waals surface area contributed by atoms with Gasteiger partial charge in [-0.2, -0.15) is 0 Å². The molecule has 0 spiro atoms. The van der Waals surface area contributed by atoms with Gasteiger partial charge in [-0.05, 0) is 80.0 Å². The number of furan rings is 1. The summed E-state index contributed by atoms with van der Waals surface area (Å²) in [6.45, 7) is 0. The number of para-hydroxylation sites is 1. The molecule has 0 aliphatic heterocycles. The molecule has 0 radical (unpaired) electrons. The van der Waals surface area contributed by atoms with Crippen molar-refractivity contribution in [1.29, 1.82) is 0 Å². The van der Waals surface area contributed by atoms with Crippen LogP contribution in [0.2, 0.25) is 0 Å². The lowest BCUT2D eigenvalue weighted by Gasteiger charge is -2.29. The first-order valence-corrected chi connectivity index (χ1v) is 20.2. The van der Waals surface area contributed by atoms with Crippen molar-refractivity contribution in [3.63, 3.8) is 0 Å². The van der Waals surface area contributed by atoms with Gasteiger partial charge in [0.05, 0.1) is 22.4 Å². The summed E-state index contributed by atoms with van der Waals surface area (Å²) in [4.78, 5) is 2.51. The highest BCUT2D eigenvalue weighted by Gasteiger charge is 2.26. The van der Waals surface area contributed by atoms with Gasteiger partial charge in [-0.3, -0.25) is 0 Å². The molecule has 0 bridgehead atoms. The molecule has 0 N–H and O–H groups in total. The third-order valence-electron chi connectivity index (χ3n) is 11.7. The maximum absolute atomic E-state index is 6.98. The van der Waals surface area contributed by atoms with Crippen LogP contribution in [0.25, 0.3) is 96.7 Å². The Labute approximate surface area is 333 Å². The molecule has 0 fully saturated rings. The normalized spacial score (nSPS) is 11.9. The first-order chi connectivity index (χ1) is 28.3. The van der Waals surface area contributed by atoms with Crippen molar-refractivity contribution in [3.8, 4) is 22.3 Å². The van der Waals surface area contributed by atoms with Gasteiger partial charge < -0.3 is 9.32 Å². The third-order valence-corrected chi connectivity index (χ3v) is 12.9. The van der Waals surface area contributed by atoms with E-state index in [-0.39, 0.29) is 0 Å². The molecule has 0 saturated carbocycles. The summed E-state index contributed by atoms with van der Waals surface area (Å²) in [5, 5.41) is 12.0. The highest BCUT2D eigenvalue weighted by Crippen LogP contribution is 2.52. The Kier molecular flexibility index (Phi) is 7.13. The molecule has 0 aliphatic rings. The van der Waals surface area contributed by atoms with Crippen molar-refractivity contribution in [2.75, 3.05) is 4.90 Å². The van der Waals surface area contributed by atoms with Gasteiger partial charge in [0.1, 0.15) is 11.2 Å². The smallest absolute Gasteiger partial charge is 0.145 e. The van der Waals surface area contributed by atoms with Gasteiger partial charge in [-0.25, -0.2) is 0 Å². The van der Waals surface area contributed by atoms with Gasteiger partial charge in [0.25, 0.3) is 0 Å². The Morgan fingerprint density at radius 1 is 0.351 bits per heavy atom. The predicted molar refractivity (Wildman–Crippen MR) is 245 cm³/mol. The molecule has 10 aromatic carbocycles. The second kappa shape index (κ2) is 12.7. The summed E-state index contributed by atoms with van der Waals surface area (Å²) >= 11 is 1.87. The number of nitrogens with zero attached hydrogens (tertiary/aromatic N) is 1. The highest BCUT2D eigenvalue weighted by molar-refractivity contribution is 7.26. The number of benzene rings is 10. The number of anilines is 3. The Bertz CT molecular complexity index is 3530. The SMILES string of the molecule is c1ccc(-c2cccc3c2sc2cccc(N(c4cccc5c4ccc4ccccc45)c4ccc(-c5cccc6ccccc56)c5oc6ccccc6c45)c23)cc1. The van der Waals surface area contributed by atoms with Crippen molar-refractivity contribution < 1.29 is 4.42 Å². The van der Waals surface area contributed by atoms with E-state index in [9.17, 15) is 0 Å². The zero-order chi connectivity index (χ0) is 37.5. The molecule has 2 aromatic heterocycles. The quantitative estimate of drug-likeness (QED) is 0.163. The molecule has 266 valence electrons. The second-order valence-electron chi connectivity index (χ2n) is 14.8. The van der Waals surface area contributed by atoms with E-state index >= 15 is 0 Å². The van der Waals surface area contributed by atoms with Gasteiger partial charge in [-0.15, -0.1) is 11.3 Å². The van der Waals surface area contributed by atoms with E-state index in [1.54, 1.807) is 0 Å². The van der Waals surface area contributed by atoms with Crippen LogP contribution in [-0.4, -0.2) is 0 Å². The number of hydrogen-bond donors (Lipinski definition) is 0. The Morgan fingerprint density at radius 2 is 0.982 bits per heavy atom. The Hall–Kier alpha value is -7.20. The molecule has 0 saturated heterocycles. The van der Waals surface area contributed by atoms with Crippen molar-refractivity contribution in [3.05, 3.63) is 200 Å². The van der Waals surface area contributed by atoms with Crippen LogP contribution in [0.15, 0.2) is 205 Å². The van der Waals surface area contributed by atoms with E-state index in [0.29, 0.717) is 0 Å². The minimum absolute atomic E-state index is 0.872. The molecule has 0 amide bonds. The molecule has 12 rings (SSSR count). The summed E-state index contributed by atoms with van der Waals surface area (Å²) < 4.78 is 9.52. The summed E-state index contributed by atoms with van der Waals surface area (Å²) in [6.07, 6.45) is 0. The third kappa shape index (κ3) is 4.89. The number of fused-ring (bicyclic) bond motifs is 10. The van der Waals surface area contributed by atoms with E-state index in [2.05, 4.69) is 205 Å². The number of thiophene rings is 1. The second-order valence-corrected chi connectivity index (χ2v) is 15.8. The standard InChI is InChI=1S/C54H33NOS/c1-2-14-35(15-3-1)39-22-11-25-45-51-47(27-13-29-50(51)57-54(39)45)55(46-26-12-24-40-38-20-7-5-17-36(38)30-31-42(40)46)48-33-32-43(41-23-10-18-34-16-4-6-19-37(34)41)53-52(48)44-21-8-9-28-49(44)56-53/h1-33H. The maximum atomic E-state index is 6.98. The topological polar surface area (TPSA) is 16.4 Å². The van der Waals surface area contributed by atoms with Crippen molar-refractivity contribution in [2.45, 2.75) is 0 Å². The molecule has 0 aliphatic carbocycles. The van der Waals surface area contributed by atoms with Crippen LogP contribution in [0.4, 0.5) is 17.1 Å². The van der Waals surface area contributed by atoms with Crippen molar-refractivity contribution in [2.24, 2.45) is 0 Å². The molecule has 12 aromatic rings. The fourth-order valence-corrected chi connectivity index (χ4v) is 10.4. The van der Waals surface area contributed by atoms with Gasteiger partial charge in [-0.1, -0.05) is 164 Å². The summed E-state index contributed by atoms with van der Waals surface area (Å²) in [7, 11) is 0. The fourth-order valence-electron chi connectivity index (χ4n) is 9.14. The van der Waals surface area contributed by atoms with E-state index in [1.165, 1.54) is 63.6 Å². The van der Waals surface area contributed by atoms with Crippen molar-refractivity contribution in [1.82, 2.24) is 0 Å². The highest BCUT2D eigenvalue weighted by atomic mass is 32.1. The van der Waals surface area contributed by atoms with Crippen LogP contribution in [0.1, 0.15) is 0 Å². The molecule has 2 heterocycles. The van der Waals surface area contributed by atoms with Crippen LogP contribution < -0.4 is 4.90 Å². The molecular weight excluding hydrogens is 711 g/mol. The van der Waals surface area contributed by atoms with Crippen LogP contribution in [0, 0.1) is 0 Å². The van der Waals surface area contributed by atoms with Crippen LogP contribution in [0.3, 0.4) is 0 Å². The predicted octanol–water partition coefficient (Wildman–Crippen LogP) is 16.2. The average molecular weight is 744 g/mol. The minimum Gasteiger partial charge on any atom is -0.455 e. The lowest BCUT2D eigenvalue weighted by atomic mass is 9.95. The summed E-state index contributed by atoms with van der Waals surface area (Å²) in [5.41, 5.74) is 9.80. The summed E-state index contributed by atoms with van der Waals surface area (Å²) in [5.74, 6) is 0. The lowest BCUT2D eigenvalue weighted by molar-refractivity contribution is 0.670. The molecule has 0 atom stereocenters. The van der Waals surface area contributed by atoms with Gasteiger partial charge >= 0.3 is 0 Å². The fraction of sp³-hybridized carbons (Fsp3) is 0. The van der Waals surface area contributed by atoms with Gasteiger partial charge in [0.15, 0.2) is 0 Å². The van der Waals surface area contributed by atoms with Crippen LogP contribution >= 0.6 is 11.3 Å². The summed E-state index contributed by atoms with van der Waals surface area (Å²) in [6, 6.07) is 72.6. The number of rotatable bonds is 5. The molecule has 0 unspecified atom stereocenters. The van der Waals surface area contributed by atoms with E-state index in [1.807, 2.05) is 11.3 Å². The molecular formula is C54H33NOS. The van der Waals surface area contributed by atoms with Crippen molar-refractivity contribution >= 4 is 103 Å². The van der Waals surface area contributed by atoms with Gasteiger partial charge in [0, 0.05) is 36.5 Å². The minimum atomic E-state index is 0.872. The zero-order valence-electron chi connectivity index (χ0n) is 30.8. The Balaban J connectivity index is 1.22. The lowest BCUT2D eigenvalue weighted by Crippen LogP contribution is -2.11. The number of hydrogen-bond acceptors (Lipinski definition) is 3. The monoisotopic (exact) mass is 743 g/mol. The molecule has 2 nitrogen and oxygen atoms in total. The van der Waals surface area contributed by atoms with E-state index in [4.69, 9.17) is 4.42 Å². The molecule has 3 heteroatoms. The van der Waals surface area contributed by atoms with Gasteiger partial charge in [0.2, 0.25) is 0 Å². The van der Waals surface area contributed by atoms with E-state index in [0.717, 1.165) is 50.1 Å². The van der Waals surface area contributed by atoms with E-state index < -0.39 is 0 Å². The first-order valence-electron chi connectivity index (χ1n) is 19.4. The maximum Gasteiger partial charge on any atom is 0.145 e. The molecule has 57 heavy (non-hydrogen) atoms.